The Labute approximate surface area is 161 Å². The predicted octanol–water partition coefficient (Wildman–Crippen LogP) is -6.75. The molecule has 0 atom stereocenters. The maximum absolute atomic E-state index is 8.33. The van der Waals surface area contributed by atoms with Crippen molar-refractivity contribution in [2.24, 2.45) is 0 Å². The summed E-state index contributed by atoms with van der Waals surface area (Å²) in [5.41, 5.74) is 0. The van der Waals surface area contributed by atoms with Crippen molar-refractivity contribution in [3.05, 3.63) is 0 Å². The molecule has 0 radical (unpaired) electrons. The molecule has 0 aliphatic heterocycles. The van der Waals surface area contributed by atoms with Crippen LogP contribution in [0.1, 0.15) is 0 Å². The Kier molecular flexibility index (Phi) is 44.1. The molecule has 0 spiro atoms. The first kappa shape index (κ1) is 23.6. The van der Waals surface area contributed by atoms with Crippen molar-refractivity contribution in [2.75, 3.05) is 0 Å². The van der Waals surface area contributed by atoms with Gasteiger partial charge in [-0.25, -0.2) is 30.1 Å². The average Bonchev–Trinajstić information content (AvgIpc) is 1.25. The minimum Gasteiger partial charge on any atom is -0.652 e. The second kappa shape index (κ2) is 18.7. The van der Waals surface area contributed by atoms with Crippen molar-refractivity contribution in [3.8, 4) is 0 Å². The normalized spacial score (nSPS) is 5.10. The van der Waals surface area contributed by atoms with E-state index in [0.29, 0.717) is 0 Å². The van der Waals surface area contributed by atoms with Crippen LogP contribution in [0.4, 0.5) is 4.79 Å². The fraction of sp³-hybridized carbons (Fsp3) is 0. The molecule has 0 aromatic heterocycles. The molecule has 48 valence electrons. The van der Waals surface area contributed by atoms with Crippen molar-refractivity contribution in [1.82, 2.24) is 0 Å². The summed E-state index contributed by atoms with van der Waals surface area (Å²) in [5, 5.41) is 16.7. The van der Waals surface area contributed by atoms with Gasteiger partial charge in [-0.3, -0.25) is 0 Å². The summed E-state index contributed by atoms with van der Waals surface area (Å²) in [6.45, 7) is 0. The van der Waals surface area contributed by atoms with Gasteiger partial charge < -0.3 is 15.0 Å². The molecule has 0 aromatic carbocycles. The van der Waals surface area contributed by atoms with Gasteiger partial charge in [0.1, 0.15) is 0 Å². The van der Waals surface area contributed by atoms with E-state index in [-0.39, 0.29) is 103 Å². The van der Waals surface area contributed by atoms with Gasteiger partial charge in [-0.15, -0.1) is 0 Å². The average molecular weight is 272 g/mol. The molecule has 0 N–H and O–H groups in total. The fourth-order valence-electron chi connectivity index (χ4n) is 0. The third kappa shape index (κ3) is 91.9. The quantitative estimate of drug-likeness (QED) is 0.412. The Morgan fingerprint density at radius 1 is 1.10 bits per heavy atom. The van der Waals surface area contributed by atoms with E-state index in [1.165, 1.54) is 0 Å². The maximum atomic E-state index is 8.33. The van der Waals surface area contributed by atoms with Crippen molar-refractivity contribution in [2.45, 2.75) is 0 Å². The number of carbonyl (C=O) groups is 1. The van der Waals surface area contributed by atoms with Crippen molar-refractivity contribution >= 4 is 47.7 Å². The van der Waals surface area contributed by atoms with Crippen molar-refractivity contribution < 1.29 is 118 Å². The van der Waals surface area contributed by atoms with Gasteiger partial charge in [0.2, 0.25) is 0 Å². The van der Waals surface area contributed by atoms with Crippen LogP contribution in [0, 0.1) is 0 Å². The van der Waals surface area contributed by atoms with Gasteiger partial charge in [-0.2, -0.15) is 0 Å². The van der Waals surface area contributed by atoms with Gasteiger partial charge in [-0.05, 0) is 6.16 Å². The minimum absolute atomic E-state index is 0. The number of halogens is 3. The molecule has 0 fully saturated rings. The molecule has 0 aromatic rings. The Morgan fingerprint density at radius 3 is 1.10 bits per heavy atom. The zero-order valence-corrected chi connectivity index (χ0v) is 15.1. The SMILES string of the molecule is O=C([O-])[O-].[Cl][Al]([Cl])[Cl].[K+].[K+]. The first-order chi connectivity index (χ1) is 3.46. The van der Waals surface area contributed by atoms with Crippen LogP contribution in [0.15, 0.2) is 0 Å². The Balaban J connectivity index is -0.0000000300. The molecular formula is CAlCl3K2O3. The van der Waals surface area contributed by atoms with Gasteiger partial charge in [-0.1, -0.05) is 0 Å². The van der Waals surface area contributed by atoms with E-state index in [9.17, 15) is 0 Å². The Morgan fingerprint density at radius 2 is 1.10 bits per heavy atom. The summed E-state index contributed by atoms with van der Waals surface area (Å²) < 4.78 is 0. The van der Waals surface area contributed by atoms with E-state index < -0.39 is 17.5 Å². The molecule has 0 saturated carbocycles. The van der Waals surface area contributed by atoms with Gasteiger partial charge in [0, 0.05) is 0 Å². The number of carbonyl (C=O) groups excluding carboxylic acids is 1. The van der Waals surface area contributed by atoms with Crippen LogP contribution in [0.3, 0.4) is 0 Å². The summed E-state index contributed by atoms with van der Waals surface area (Å²) in [5.74, 6) is 0. The van der Waals surface area contributed by atoms with Crippen LogP contribution < -0.4 is 113 Å². The third-order valence-corrected chi connectivity index (χ3v) is 0. The van der Waals surface area contributed by atoms with Gasteiger partial charge >= 0.3 is 114 Å². The predicted molar refractivity (Wildman–Crippen MR) is 28.7 cm³/mol. The number of hydrogen-bond donors (Lipinski definition) is 0. The van der Waals surface area contributed by atoms with Crippen LogP contribution >= 0.6 is 30.1 Å². The van der Waals surface area contributed by atoms with E-state index in [0.717, 1.165) is 0 Å². The fourth-order valence-corrected chi connectivity index (χ4v) is 0. The molecule has 0 unspecified atom stereocenters. The summed E-state index contributed by atoms with van der Waals surface area (Å²) in [4.78, 5) is 8.33. The van der Waals surface area contributed by atoms with E-state index in [4.69, 9.17) is 45.2 Å². The maximum Gasteiger partial charge on any atom is 1.00 e. The second-order valence-electron chi connectivity index (χ2n) is 0.497. The summed E-state index contributed by atoms with van der Waals surface area (Å²) in [7, 11) is 14.8. The largest absolute Gasteiger partial charge is 1.00 e. The molecule has 10 heavy (non-hydrogen) atoms. The van der Waals surface area contributed by atoms with Crippen molar-refractivity contribution in [3.63, 3.8) is 0 Å². The van der Waals surface area contributed by atoms with Gasteiger partial charge in [0.25, 0.3) is 0 Å². The van der Waals surface area contributed by atoms with Crippen molar-refractivity contribution in [1.29, 1.82) is 0 Å². The van der Waals surface area contributed by atoms with Gasteiger partial charge in [0.05, 0.1) is 0 Å². The zero-order chi connectivity index (χ0) is 7.15. The summed E-state index contributed by atoms with van der Waals surface area (Å²) >= 11 is -1.72. The first-order valence-electron chi connectivity index (χ1n) is 1.27. The number of rotatable bonds is 0. The summed E-state index contributed by atoms with van der Waals surface area (Å²) in [6, 6.07) is 0. The molecule has 0 amide bonds. The van der Waals surface area contributed by atoms with Crippen LogP contribution in [-0.2, 0) is 0 Å². The molecule has 0 rings (SSSR count). The van der Waals surface area contributed by atoms with Gasteiger partial charge in [0.15, 0.2) is 0 Å². The Hall–Kier alpha value is 3.95. The number of hydrogen-bond acceptors (Lipinski definition) is 3. The standard InChI is InChI=1S/CH2O3.Al.3ClH.2K/c2-1(3)4;;;;;;/h(H2,2,3,4);;3*1H;;/q;+3;;;;2*+1/p-5. The molecule has 0 saturated heterocycles. The Bertz CT molecular complexity index is 66.0. The molecule has 0 aliphatic carbocycles. The monoisotopic (exact) mass is 270 g/mol. The topological polar surface area (TPSA) is 63.2 Å². The van der Waals surface area contributed by atoms with Crippen LogP contribution in [0.25, 0.3) is 0 Å². The molecular weight excluding hydrogens is 272 g/mol. The molecule has 3 nitrogen and oxygen atoms in total. The first-order valence-corrected chi connectivity index (χ1v) is 6.50. The van der Waals surface area contributed by atoms with E-state index in [2.05, 4.69) is 0 Å². The van der Waals surface area contributed by atoms with E-state index in [1.807, 2.05) is 0 Å². The summed E-state index contributed by atoms with van der Waals surface area (Å²) in [6.07, 6.45) is -2.33. The molecule has 0 bridgehead atoms. The third-order valence-electron chi connectivity index (χ3n) is 0. The van der Waals surface area contributed by atoms with Crippen LogP contribution in [0.5, 0.6) is 0 Å². The number of carboxylic acid groups (broad SMARTS) is 2. The second-order valence-corrected chi connectivity index (χ2v) is 6.93. The minimum atomic E-state index is -2.33. The van der Waals surface area contributed by atoms with Crippen LogP contribution in [-0.4, -0.2) is 17.5 Å². The van der Waals surface area contributed by atoms with E-state index >= 15 is 0 Å². The van der Waals surface area contributed by atoms with Crippen LogP contribution in [0.2, 0.25) is 0 Å². The zero-order valence-electron chi connectivity index (χ0n) is 5.44. The van der Waals surface area contributed by atoms with E-state index in [1.54, 1.807) is 0 Å². The molecule has 9 heteroatoms. The smallest absolute Gasteiger partial charge is 0.652 e. The molecule has 0 heterocycles. The molecule has 0 aliphatic rings.